The molecule has 1 amide bonds. The number of amides is 1. The number of carbonyl (C=O) groups excluding carboxylic acids is 1. The lowest BCUT2D eigenvalue weighted by Crippen LogP contribution is -2.40. The summed E-state index contributed by atoms with van der Waals surface area (Å²) in [6, 6.07) is -0.0881. The Morgan fingerprint density at radius 1 is 1.29 bits per heavy atom. The molecule has 0 aliphatic heterocycles. The van der Waals surface area contributed by atoms with Crippen LogP contribution in [0.2, 0.25) is 0 Å². The Kier molecular flexibility index (Phi) is 8.85. The molecule has 3 heteroatoms. The maximum atomic E-state index is 11.3. The van der Waals surface area contributed by atoms with Crippen LogP contribution in [0.25, 0.3) is 0 Å². The van der Waals surface area contributed by atoms with E-state index in [1.165, 1.54) is 0 Å². The van der Waals surface area contributed by atoms with Gasteiger partial charge in [-0.05, 0) is 12.3 Å². The molecule has 0 bridgehead atoms. The van der Waals surface area contributed by atoms with E-state index in [0.29, 0.717) is 5.92 Å². The summed E-state index contributed by atoms with van der Waals surface area (Å²) in [7, 11) is 0. The minimum atomic E-state index is -0.0881. The smallest absolute Gasteiger partial charge is 0.222 e. The molecular formula is C11H25NO2. The van der Waals surface area contributed by atoms with Gasteiger partial charge in [-0.1, -0.05) is 35.1 Å². The molecule has 1 unspecified atom stereocenters. The summed E-state index contributed by atoms with van der Waals surface area (Å²) in [4.78, 5) is 11.3. The van der Waals surface area contributed by atoms with Gasteiger partial charge in [-0.15, -0.1) is 0 Å². The van der Waals surface area contributed by atoms with Crippen LogP contribution in [0.5, 0.6) is 0 Å². The Balaban J connectivity index is 0. The van der Waals surface area contributed by atoms with E-state index in [1.807, 2.05) is 13.8 Å². The topological polar surface area (TPSA) is 49.3 Å². The van der Waals surface area contributed by atoms with Gasteiger partial charge < -0.3 is 10.4 Å². The van der Waals surface area contributed by atoms with Crippen molar-refractivity contribution < 1.29 is 9.90 Å². The molecular weight excluding hydrogens is 178 g/mol. The lowest BCUT2D eigenvalue weighted by Gasteiger charge is -2.19. The summed E-state index contributed by atoms with van der Waals surface area (Å²) < 4.78 is 0. The predicted octanol–water partition coefficient (Wildman–Crippen LogP) is 1.80. The first kappa shape index (κ1) is 15.9. The van der Waals surface area contributed by atoms with E-state index in [4.69, 9.17) is 5.11 Å². The van der Waals surface area contributed by atoms with Crippen molar-refractivity contribution >= 4 is 5.91 Å². The van der Waals surface area contributed by atoms with Crippen molar-refractivity contribution in [1.82, 2.24) is 5.32 Å². The first-order valence-electron chi connectivity index (χ1n) is 4.88. The zero-order chi connectivity index (χ0) is 10.4. The summed E-state index contributed by atoms with van der Waals surface area (Å²) in [5.74, 6) is 0.491. The van der Waals surface area contributed by atoms with Crippen molar-refractivity contribution in [3.63, 3.8) is 0 Å². The van der Waals surface area contributed by atoms with Crippen molar-refractivity contribution in [2.24, 2.45) is 11.8 Å². The predicted molar refractivity (Wildman–Crippen MR) is 60.0 cm³/mol. The number of aliphatic hydroxyl groups is 1. The van der Waals surface area contributed by atoms with Crippen molar-refractivity contribution in [2.45, 2.75) is 47.6 Å². The highest BCUT2D eigenvalue weighted by atomic mass is 16.3. The molecule has 0 heterocycles. The van der Waals surface area contributed by atoms with E-state index in [9.17, 15) is 4.79 Å². The van der Waals surface area contributed by atoms with Gasteiger partial charge >= 0.3 is 0 Å². The van der Waals surface area contributed by atoms with Crippen LogP contribution in [0.4, 0.5) is 0 Å². The summed E-state index contributed by atoms with van der Waals surface area (Å²) in [5.41, 5.74) is 0. The van der Waals surface area contributed by atoms with Gasteiger partial charge in [-0.25, -0.2) is 0 Å². The summed E-state index contributed by atoms with van der Waals surface area (Å²) >= 11 is 0. The monoisotopic (exact) mass is 203 g/mol. The molecule has 0 saturated carbocycles. The first-order valence-corrected chi connectivity index (χ1v) is 4.88. The number of hydrogen-bond donors (Lipinski definition) is 2. The van der Waals surface area contributed by atoms with E-state index in [1.54, 1.807) is 0 Å². The fraction of sp³-hybridized carbons (Fsp3) is 0.909. The van der Waals surface area contributed by atoms with Crippen LogP contribution in [0, 0.1) is 11.8 Å². The number of carbonyl (C=O) groups is 1. The molecule has 0 radical (unpaired) electrons. The maximum absolute atomic E-state index is 11.3. The Labute approximate surface area is 87.9 Å². The van der Waals surface area contributed by atoms with Gasteiger partial charge in [0.25, 0.3) is 0 Å². The third-order valence-electron chi connectivity index (χ3n) is 1.85. The van der Waals surface area contributed by atoms with Gasteiger partial charge in [0.05, 0.1) is 12.6 Å². The van der Waals surface area contributed by atoms with Crippen LogP contribution in [-0.2, 0) is 4.79 Å². The van der Waals surface area contributed by atoms with Crippen LogP contribution < -0.4 is 5.32 Å². The van der Waals surface area contributed by atoms with Gasteiger partial charge in [-0.2, -0.15) is 0 Å². The van der Waals surface area contributed by atoms with Crippen molar-refractivity contribution in [2.75, 3.05) is 6.61 Å². The van der Waals surface area contributed by atoms with Crippen molar-refractivity contribution in [1.29, 1.82) is 0 Å². The van der Waals surface area contributed by atoms with E-state index in [2.05, 4.69) is 19.2 Å². The highest BCUT2D eigenvalue weighted by molar-refractivity contribution is 5.78. The summed E-state index contributed by atoms with van der Waals surface area (Å²) in [5, 5.41) is 11.8. The van der Waals surface area contributed by atoms with E-state index in [0.717, 1.165) is 6.42 Å². The third kappa shape index (κ3) is 6.89. The molecule has 0 aliphatic rings. The van der Waals surface area contributed by atoms with Gasteiger partial charge in [-0.3, -0.25) is 4.79 Å². The number of rotatable bonds is 5. The standard InChI is InChI=1S/C10H21NO2.CH4/c1-7(2)5-9(6-12)11-10(13)8(3)4;/h7-9,12H,5-6H2,1-4H3,(H,11,13);1H4. The second kappa shape index (κ2) is 7.80. The van der Waals surface area contributed by atoms with E-state index < -0.39 is 0 Å². The maximum Gasteiger partial charge on any atom is 0.222 e. The van der Waals surface area contributed by atoms with Gasteiger partial charge in [0.2, 0.25) is 5.91 Å². The number of nitrogens with one attached hydrogen (secondary N) is 1. The van der Waals surface area contributed by atoms with E-state index in [-0.39, 0.29) is 31.9 Å². The Morgan fingerprint density at radius 2 is 1.79 bits per heavy atom. The first-order chi connectivity index (χ1) is 5.97. The fourth-order valence-corrected chi connectivity index (χ4v) is 1.12. The zero-order valence-corrected chi connectivity index (χ0v) is 9.00. The highest BCUT2D eigenvalue weighted by Crippen LogP contribution is 2.05. The fourth-order valence-electron chi connectivity index (χ4n) is 1.12. The molecule has 0 rings (SSSR count). The molecule has 0 spiro atoms. The molecule has 0 aromatic rings. The Morgan fingerprint density at radius 3 is 2.07 bits per heavy atom. The molecule has 3 nitrogen and oxygen atoms in total. The lowest BCUT2D eigenvalue weighted by molar-refractivity contribution is -0.125. The molecule has 0 aromatic carbocycles. The number of hydrogen-bond acceptors (Lipinski definition) is 2. The average molecular weight is 203 g/mol. The lowest BCUT2D eigenvalue weighted by atomic mass is 10.0. The second-order valence-corrected chi connectivity index (χ2v) is 4.17. The molecule has 86 valence electrons. The average Bonchev–Trinajstić information content (AvgIpc) is 2.02. The number of aliphatic hydroxyl groups excluding tert-OH is 1. The molecule has 0 aliphatic carbocycles. The van der Waals surface area contributed by atoms with Gasteiger partial charge in [0.1, 0.15) is 0 Å². The van der Waals surface area contributed by atoms with Gasteiger partial charge in [0.15, 0.2) is 0 Å². The van der Waals surface area contributed by atoms with Crippen LogP contribution in [-0.4, -0.2) is 23.7 Å². The van der Waals surface area contributed by atoms with Crippen LogP contribution >= 0.6 is 0 Å². The molecule has 1 atom stereocenters. The second-order valence-electron chi connectivity index (χ2n) is 4.17. The van der Waals surface area contributed by atoms with Gasteiger partial charge in [0, 0.05) is 5.92 Å². The molecule has 14 heavy (non-hydrogen) atoms. The van der Waals surface area contributed by atoms with Crippen molar-refractivity contribution in [3.05, 3.63) is 0 Å². The molecule has 0 aromatic heterocycles. The Bertz CT molecular complexity index is 155. The zero-order valence-electron chi connectivity index (χ0n) is 9.00. The largest absolute Gasteiger partial charge is 0.394 e. The SMILES string of the molecule is C.CC(C)CC(CO)NC(=O)C(C)C. The van der Waals surface area contributed by atoms with Crippen LogP contribution in [0.3, 0.4) is 0 Å². The normalized spacial score (nSPS) is 12.5. The van der Waals surface area contributed by atoms with Crippen LogP contribution in [0.1, 0.15) is 41.5 Å². The Hall–Kier alpha value is -0.570. The minimum Gasteiger partial charge on any atom is -0.394 e. The minimum absolute atomic E-state index is 0. The highest BCUT2D eigenvalue weighted by Gasteiger charge is 2.14. The quantitative estimate of drug-likeness (QED) is 0.716. The molecule has 0 fully saturated rings. The molecule has 2 N–H and O–H groups in total. The van der Waals surface area contributed by atoms with Crippen LogP contribution in [0.15, 0.2) is 0 Å². The van der Waals surface area contributed by atoms with Crippen molar-refractivity contribution in [3.8, 4) is 0 Å². The van der Waals surface area contributed by atoms with E-state index >= 15 is 0 Å². The summed E-state index contributed by atoms with van der Waals surface area (Å²) in [6.45, 7) is 7.86. The molecule has 0 saturated heterocycles. The summed E-state index contributed by atoms with van der Waals surface area (Å²) in [6.07, 6.45) is 0.828. The third-order valence-corrected chi connectivity index (χ3v) is 1.85.